The molecule has 5 heteroatoms. The van der Waals surface area contributed by atoms with Crippen LogP contribution in [0, 0.1) is 0 Å². The summed E-state index contributed by atoms with van der Waals surface area (Å²) in [6.07, 6.45) is 0. The second kappa shape index (κ2) is 6.93. The largest absolute Gasteiger partial charge is 0.334 e. The fraction of sp³-hybridized carbons (Fsp3) is 0.133. The molecule has 0 bridgehead atoms. The molecule has 0 spiro atoms. The van der Waals surface area contributed by atoms with E-state index in [0.29, 0.717) is 23.8 Å². The van der Waals surface area contributed by atoms with Crippen LogP contribution in [0.4, 0.5) is 10.5 Å². The standard InChI is InChI=1S/C15H16ClN3O/c16-13-5-7-14(8-6-13)19-15(20)18-10-12-4-2-1-3-11(12)9-17/h1-8H,9-10,17H2,(H2,18,19,20). The molecule has 2 amide bonds. The van der Waals surface area contributed by atoms with E-state index in [1.165, 1.54) is 0 Å². The normalized spacial score (nSPS) is 10.1. The van der Waals surface area contributed by atoms with E-state index in [1.54, 1.807) is 24.3 Å². The van der Waals surface area contributed by atoms with Gasteiger partial charge in [0.1, 0.15) is 0 Å². The van der Waals surface area contributed by atoms with E-state index in [-0.39, 0.29) is 6.03 Å². The zero-order valence-corrected chi connectivity index (χ0v) is 11.7. The van der Waals surface area contributed by atoms with E-state index in [4.69, 9.17) is 17.3 Å². The summed E-state index contributed by atoms with van der Waals surface area (Å²) in [5.41, 5.74) is 8.39. The zero-order valence-electron chi connectivity index (χ0n) is 10.9. The number of carbonyl (C=O) groups excluding carboxylic acids is 1. The van der Waals surface area contributed by atoms with Crippen LogP contribution in [0.15, 0.2) is 48.5 Å². The summed E-state index contributed by atoms with van der Waals surface area (Å²) < 4.78 is 0. The molecule has 2 aromatic carbocycles. The molecule has 0 atom stereocenters. The summed E-state index contributed by atoms with van der Waals surface area (Å²) in [7, 11) is 0. The number of urea groups is 1. The highest BCUT2D eigenvalue weighted by atomic mass is 35.5. The average molecular weight is 290 g/mol. The van der Waals surface area contributed by atoms with Gasteiger partial charge in [-0.25, -0.2) is 4.79 Å². The molecule has 0 saturated carbocycles. The lowest BCUT2D eigenvalue weighted by molar-refractivity contribution is 0.251. The van der Waals surface area contributed by atoms with Crippen molar-refractivity contribution in [3.63, 3.8) is 0 Å². The second-order valence-corrected chi connectivity index (χ2v) is 4.72. The highest BCUT2D eigenvalue weighted by Gasteiger charge is 2.04. The first-order valence-corrected chi connectivity index (χ1v) is 6.64. The van der Waals surface area contributed by atoms with Gasteiger partial charge in [0.25, 0.3) is 0 Å². The van der Waals surface area contributed by atoms with Gasteiger partial charge in [-0.3, -0.25) is 0 Å². The number of amides is 2. The predicted molar refractivity (Wildman–Crippen MR) is 81.6 cm³/mol. The van der Waals surface area contributed by atoms with Crippen molar-refractivity contribution >= 4 is 23.3 Å². The Morgan fingerprint density at radius 3 is 2.35 bits per heavy atom. The summed E-state index contributed by atoms with van der Waals surface area (Å²) >= 11 is 5.78. The Hall–Kier alpha value is -2.04. The van der Waals surface area contributed by atoms with Gasteiger partial charge in [0.15, 0.2) is 0 Å². The molecular weight excluding hydrogens is 274 g/mol. The Morgan fingerprint density at radius 2 is 1.70 bits per heavy atom. The molecule has 0 aliphatic heterocycles. The molecule has 4 N–H and O–H groups in total. The van der Waals surface area contributed by atoms with Gasteiger partial charge < -0.3 is 16.4 Å². The van der Waals surface area contributed by atoms with Crippen molar-refractivity contribution < 1.29 is 4.79 Å². The Kier molecular flexibility index (Phi) is 4.98. The molecular formula is C15H16ClN3O. The Labute approximate surface area is 122 Å². The van der Waals surface area contributed by atoms with Crippen LogP contribution < -0.4 is 16.4 Å². The summed E-state index contributed by atoms with van der Waals surface area (Å²) in [6.45, 7) is 0.892. The third-order valence-corrected chi connectivity index (χ3v) is 3.13. The maximum Gasteiger partial charge on any atom is 0.319 e. The number of anilines is 1. The van der Waals surface area contributed by atoms with E-state index < -0.39 is 0 Å². The van der Waals surface area contributed by atoms with Gasteiger partial charge in [-0.05, 0) is 35.4 Å². The van der Waals surface area contributed by atoms with Crippen molar-refractivity contribution in [2.75, 3.05) is 5.32 Å². The highest BCUT2D eigenvalue weighted by Crippen LogP contribution is 2.13. The van der Waals surface area contributed by atoms with Crippen molar-refractivity contribution in [2.24, 2.45) is 5.73 Å². The Morgan fingerprint density at radius 1 is 1.05 bits per heavy atom. The van der Waals surface area contributed by atoms with Gasteiger partial charge in [0, 0.05) is 23.8 Å². The first kappa shape index (κ1) is 14.4. The molecule has 0 aliphatic rings. The third-order valence-electron chi connectivity index (χ3n) is 2.88. The lowest BCUT2D eigenvalue weighted by Crippen LogP contribution is -2.28. The summed E-state index contributed by atoms with van der Waals surface area (Å²) in [4.78, 5) is 11.8. The fourth-order valence-corrected chi connectivity index (χ4v) is 1.94. The van der Waals surface area contributed by atoms with Gasteiger partial charge in [0.2, 0.25) is 0 Å². The number of hydrogen-bond donors (Lipinski definition) is 3. The van der Waals surface area contributed by atoms with Gasteiger partial charge in [-0.15, -0.1) is 0 Å². The van der Waals surface area contributed by atoms with E-state index in [0.717, 1.165) is 11.1 Å². The number of hydrogen-bond acceptors (Lipinski definition) is 2. The van der Waals surface area contributed by atoms with Crippen LogP contribution in [0.25, 0.3) is 0 Å². The number of nitrogens with two attached hydrogens (primary N) is 1. The minimum Gasteiger partial charge on any atom is -0.334 e. The fourth-order valence-electron chi connectivity index (χ4n) is 1.81. The van der Waals surface area contributed by atoms with Gasteiger partial charge in [-0.1, -0.05) is 35.9 Å². The van der Waals surface area contributed by atoms with E-state index >= 15 is 0 Å². The molecule has 0 unspecified atom stereocenters. The molecule has 104 valence electrons. The number of benzene rings is 2. The zero-order chi connectivity index (χ0) is 14.4. The SMILES string of the molecule is NCc1ccccc1CNC(=O)Nc1ccc(Cl)cc1. The van der Waals surface area contributed by atoms with Gasteiger partial charge in [-0.2, -0.15) is 0 Å². The van der Waals surface area contributed by atoms with Crippen LogP contribution in [0.2, 0.25) is 5.02 Å². The van der Waals surface area contributed by atoms with Crippen LogP contribution in [-0.4, -0.2) is 6.03 Å². The Bertz CT molecular complexity index is 584. The molecule has 2 rings (SSSR count). The maximum absolute atomic E-state index is 11.8. The number of halogens is 1. The van der Waals surface area contributed by atoms with E-state index in [1.807, 2.05) is 24.3 Å². The van der Waals surface area contributed by atoms with Crippen LogP contribution in [0.3, 0.4) is 0 Å². The highest BCUT2D eigenvalue weighted by molar-refractivity contribution is 6.30. The molecule has 0 saturated heterocycles. The number of nitrogens with one attached hydrogen (secondary N) is 2. The lowest BCUT2D eigenvalue weighted by Gasteiger charge is -2.10. The van der Waals surface area contributed by atoms with Crippen molar-refractivity contribution in [2.45, 2.75) is 13.1 Å². The molecule has 4 nitrogen and oxygen atoms in total. The molecule has 0 aliphatic carbocycles. The minimum atomic E-state index is -0.265. The van der Waals surface area contributed by atoms with Crippen molar-refractivity contribution in [3.8, 4) is 0 Å². The smallest absolute Gasteiger partial charge is 0.319 e. The topological polar surface area (TPSA) is 67.1 Å². The van der Waals surface area contributed by atoms with Gasteiger partial charge >= 0.3 is 6.03 Å². The van der Waals surface area contributed by atoms with Crippen LogP contribution in [0.5, 0.6) is 0 Å². The minimum absolute atomic E-state index is 0.265. The molecule has 0 aromatic heterocycles. The summed E-state index contributed by atoms with van der Waals surface area (Å²) in [6, 6.07) is 14.4. The number of carbonyl (C=O) groups is 1. The van der Waals surface area contributed by atoms with Gasteiger partial charge in [0.05, 0.1) is 0 Å². The quantitative estimate of drug-likeness (QED) is 0.809. The first-order valence-electron chi connectivity index (χ1n) is 6.26. The summed E-state index contributed by atoms with van der Waals surface area (Å²) in [5.74, 6) is 0. The van der Waals surface area contributed by atoms with Crippen LogP contribution >= 0.6 is 11.6 Å². The van der Waals surface area contributed by atoms with Crippen LogP contribution in [-0.2, 0) is 13.1 Å². The predicted octanol–water partition coefficient (Wildman–Crippen LogP) is 3.12. The Balaban J connectivity index is 1.90. The van der Waals surface area contributed by atoms with Crippen molar-refractivity contribution in [1.29, 1.82) is 0 Å². The summed E-state index contributed by atoms with van der Waals surface area (Å²) in [5, 5.41) is 6.17. The third kappa shape index (κ3) is 3.98. The van der Waals surface area contributed by atoms with Crippen LogP contribution in [0.1, 0.15) is 11.1 Å². The lowest BCUT2D eigenvalue weighted by atomic mass is 10.1. The molecule has 20 heavy (non-hydrogen) atoms. The maximum atomic E-state index is 11.8. The second-order valence-electron chi connectivity index (χ2n) is 4.29. The van der Waals surface area contributed by atoms with Crippen molar-refractivity contribution in [1.82, 2.24) is 5.32 Å². The van der Waals surface area contributed by atoms with Crippen molar-refractivity contribution in [3.05, 3.63) is 64.7 Å². The van der Waals surface area contributed by atoms with E-state index in [9.17, 15) is 4.79 Å². The monoisotopic (exact) mass is 289 g/mol. The number of rotatable bonds is 4. The first-order chi connectivity index (χ1) is 9.69. The molecule has 0 radical (unpaired) electrons. The average Bonchev–Trinajstić information content (AvgIpc) is 2.48. The molecule has 2 aromatic rings. The molecule has 0 fully saturated rings. The molecule has 0 heterocycles. The van der Waals surface area contributed by atoms with E-state index in [2.05, 4.69) is 10.6 Å².